The van der Waals surface area contributed by atoms with Crippen LogP contribution in [-0.2, 0) is 15.2 Å². The van der Waals surface area contributed by atoms with Gasteiger partial charge in [-0.25, -0.2) is 0 Å². The molecule has 124 valence electrons. The summed E-state index contributed by atoms with van der Waals surface area (Å²) in [4.78, 5) is 26.4. The molecule has 0 saturated heterocycles. The van der Waals surface area contributed by atoms with Crippen LogP contribution in [0.15, 0.2) is 60.7 Å². The second-order valence-electron chi connectivity index (χ2n) is 5.86. The average molecular weight is 331 g/mol. The minimum atomic E-state index is -1.88. The predicted octanol–water partition coefficient (Wildman–Crippen LogP) is 2.53. The summed E-state index contributed by atoms with van der Waals surface area (Å²) >= 11 is 0. The highest BCUT2D eigenvalue weighted by Gasteiger charge is 2.50. The SMILES string of the molecule is C#CCN1C(=O)[C@@](O)(CC(=O)/C=C/c2ccccc2)c2ccccc21. The molecule has 0 radical (unpaired) electrons. The second-order valence-corrected chi connectivity index (χ2v) is 5.86. The molecule has 0 spiro atoms. The Morgan fingerprint density at radius 3 is 2.56 bits per heavy atom. The molecule has 0 fully saturated rings. The van der Waals surface area contributed by atoms with Crippen molar-refractivity contribution in [3.63, 3.8) is 0 Å². The summed E-state index contributed by atoms with van der Waals surface area (Å²) in [6.07, 6.45) is 8.04. The van der Waals surface area contributed by atoms with Gasteiger partial charge in [0.2, 0.25) is 0 Å². The van der Waals surface area contributed by atoms with Crippen LogP contribution in [0.4, 0.5) is 5.69 Å². The number of anilines is 1. The van der Waals surface area contributed by atoms with Crippen LogP contribution in [0.5, 0.6) is 0 Å². The van der Waals surface area contributed by atoms with Crippen LogP contribution < -0.4 is 4.90 Å². The van der Waals surface area contributed by atoms with E-state index in [9.17, 15) is 14.7 Å². The van der Waals surface area contributed by atoms with Gasteiger partial charge in [0.05, 0.1) is 18.7 Å². The molecule has 2 aromatic carbocycles. The Labute approximate surface area is 146 Å². The Bertz CT molecular complexity index is 880. The highest BCUT2D eigenvalue weighted by molar-refractivity contribution is 6.10. The molecule has 1 aliphatic heterocycles. The summed E-state index contributed by atoms with van der Waals surface area (Å²) < 4.78 is 0. The number of fused-ring (bicyclic) bond motifs is 1. The molecule has 0 unspecified atom stereocenters. The van der Waals surface area contributed by atoms with E-state index in [2.05, 4.69) is 5.92 Å². The molecule has 1 atom stereocenters. The molecule has 3 rings (SSSR count). The van der Waals surface area contributed by atoms with Gasteiger partial charge in [0.15, 0.2) is 11.4 Å². The van der Waals surface area contributed by atoms with Gasteiger partial charge in [-0.3, -0.25) is 14.5 Å². The fraction of sp³-hybridized carbons (Fsp3) is 0.143. The van der Waals surface area contributed by atoms with Crippen LogP contribution in [0, 0.1) is 12.3 Å². The van der Waals surface area contributed by atoms with E-state index in [0.717, 1.165) is 5.56 Å². The zero-order valence-electron chi connectivity index (χ0n) is 13.6. The maximum atomic E-state index is 12.7. The summed E-state index contributed by atoms with van der Waals surface area (Å²) in [5.41, 5.74) is -0.0506. The van der Waals surface area contributed by atoms with Crippen molar-refractivity contribution < 1.29 is 14.7 Å². The number of carbonyl (C=O) groups is 2. The summed E-state index contributed by atoms with van der Waals surface area (Å²) in [5, 5.41) is 11.0. The van der Waals surface area contributed by atoms with Crippen molar-refractivity contribution in [1.29, 1.82) is 0 Å². The van der Waals surface area contributed by atoms with Crippen LogP contribution in [0.1, 0.15) is 17.5 Å². The zero-order chi connectivity index (χ0) is 17.9. The Hall–Kier alpha value is -3.16. The van der Waals surface area contributed by atoms with Crippen LogP contribution in [0.25, 0.3) is 6.08 Å². The maximum absolute atomic E-state index is 12.7. The number of para-hydroxylation sites is 1. The third kappa shape index (κ3) is 3.10. The minimum Gasteiger partial charge on any atom is -0.375 e. The molecule has 4 nitrogen and oxygen atoms in total. The van der Waals surface area contributed by atoms with Crippen molar-refractivity contribution in [2.75, 3.05) is 11.4 Å². The summed E-state index contributed by atoms with van der Waals surface area (Å²) in [6, 6.07) is 16.2. The van der Waals surface area contributed by atoms with E-state index in [4.69, 9.17) is 6.42 Å². The lowest BCUT2D eigenvalue weighted by Crippen LogP contribution is -2.41. The molecular formula is C21H17NO3. The lowest BCUT2D eigenvalue weighted by Gasteiger charge is -2.21. The Kier molecular flexibility index (Phi) is 4.51. The highest BCUT2D eigenvalue weighted by Crippen LogP contribution is 2.42. The summed E-state index contributed by atoms with van der Waals surface area (Å²) in [7, 11) is 0. The first kappa shape index (κ1) is 16.7. The third-order valence-electron chi connectivity index (χ3n) is 4.18. The molecule has 1 aliphatic rings. The summed E-state index contributed by atoms with van der Waals surface area (Å²) in [6.45, 7) is 0.0478. The van der Waals surface area contributed by atoms with E-state index >= 15 is 0 Å². The van der Waals surface area contributed by atoms with Gasteiger partial charge < -0.3 is 5.11 Å². The number of hydrogen-bond donors (Lipinski definition) is 1. The number of ketones is 1. The fourth-order valence-corrected chi connectivity index (χ4v) is 2.99. The van der Waals surface area contributed by atoms with Crippen LogP contribution in [0.3, 0.4) is 0 Å². The topological polar surface area (TPSA) is 57.6 Å². The first-order chi connectivity index (χ1) is 12.1. The monoisotopic (exact) mass is 331 g/mol. The number of rotatable bonds is 5. The van der Waals surface area contributed by atoms with Gasteiger partial charge in [0.25, 0.3) is 5.91 Å². The third-order valence-corrected chi connectivity index (χ3v) is 4.18. The van der Waals surface area contributed by atoms with Crippen LogP contribution >= 0.6 is 0 Å². The van der Waals surface area contributed by atoms with Gasteiger partial charge in [0.1, 0.15) is 0 Å². The van der Waals surface area contributed by atoms with Gasteiger partial charge in [-0.2, -0.15) is 0 Å². The van der Waals surface area contributed by atoms with Gasteiger partial charge in [-0.05, 0) is 17.7 Å². The molecule has 0 saturated carbocycles. The van der Waals surface area contributed by atoms with E-state index in [1.165, 1.54) is 11.0 Å². The highest BCUT2D eigenvalue weighted by atomic mass is 16.3. The number of amides is 1. The van der Waals surface area contributed by atoms with Crippen molar-refractivity contribution in [2.24, 2.45) is 0 Å². The quantitative estimate of drug-likeness (QED) is 0.676. The van der Waals surface area contributed by atoms with Gasteiger partial charge >= 0.3 is 0 Å². The van der Waals surface area contributed by atoms with Gasteiger partial charge in [-0.15, -0.1) is 6.42 Å². The van der Waals surface area contributed by atoms with Crippen molar-refractivity contribution in [2.45, 2.75) is 12.0 Å². The van der Waals surface area contributed by atoms with E-state index in [0.29, 0.717) is 11.3 Å². The number of aliphatic hydroxyl groups is 1. The van der Waals surface area contributed by atoms with Gasteiger partial charge in [-0.1, -0.05) is 60.5 Å². The standard InChI is InChI=1S/C21H17NO3/c1-2-14-22-19-11-7-6-10-18(19)21(25,20(22)24)15-17(23)13-12-16-8-4-3-5-9-16/h1,3-13,25H,14-15H2/b13-12+/t21-/m1/s1. The largest absolute Gasteiger partial charge is 0.375 e. The lowest BCUT2D eigenvalue weighted by molar-refractivity contribution is -0.140. The van der Waals surface area contributed by atoms with E-state index in [1.807, 2.05) is 30.3 Å². The first-order valence-corrected chi connectivity index (χ1v) is 7.89. The van der Waals surface area contributed by atoms with Crippen molar-refractivity contribution in [3.8, 4) is 12.3 Å². The Morgan fingerprint density at radius 2 is 1.84 bits per heavy atom. The fourth-order valence-electron chi connectivity index (χ4n) is 2.99. The molecule has 0 aromatic heterocycles. The van der Waals surface area contributed by atoms with Crippen LogP contribution in [0.2, 0.25) is 0 Å². The number of terminal acetylenes is 1. The minimum absolute atomic E-state index is 0.0478. The molecule has 4 heteroatoms. The molecule has 25 heavy (non-hydrogen) atoms. The van der Waals surface area contributed by atoms with E-state index in [-0.39, 0.29) is 18.7 Å². The molecule has 1 amide bonds. The number of benzene rings is 2. The molecule has 2 aromatic rings. The van der Waals surface area contributed by atoms with Gasteiger partial charge in [0, 0.05) is 5.56 Å². The Balaban J connectivity index is 1.86. The summed E-state index contributed by atoms with van der Waals surface area (Å²) in [5.74, 6) is 1.52. The molecular weight excluding hydrogens is 314 g/mol. The lowest BCUT2D eigenvalue weighted by atomic mass is 9.90. The van der Waals surface area contributed by atoms with Crippen LogP contribution in [-0.4, -0.2) is 23.3 Å². The molecule has 0 aliphatic carbocycles. The predicted molar refractivity (Wildman–Crippen MR) is 96.6 cm³/mol. The van der Waals surface area contributed by atoms with Crippen molar-refractivity contribution in [3.05, 3.63) is 71.8 Å². The Morgan fingerprint density at radius 1 is 1.16 bits per heavy atom. The number of hydrogen-bond acceptors (Lipinski definition) is 3. The average Bonchev–Trinajstić information content (AvgIpc) is 2.83. The zero-order valence-corrected chi connectivity index (χ0v) is 13.6. The van der Waals surface area contributed by atoms with E-state index in [1.54, 1.807) is 30.3 Å². The molecule has 1 heterocycles. The normalized spacial score (nSPS) is 19.0. The molecule has 1 N–H and O–H groups in total. The first-order valence-electron chi connectivity index (χ1n) is 7.89. The van der Waals surface area contributed by atoms with Crippen molar-refractivity contribution in [1.82, 2.24) is 0 Å². The second kappa shape index (κ2) is 6.76. The smallest absolute Gasteiger partial charge is 0.265 e. The number of nitrogens with zero attached hydrogens (tertiary/aromatic N) is 1. The maximum Gasteiger partial charge on any atom is 0.265 e. The number of allylic oxidation sites excluding steroid dienone is 1. The van der Waals surface area contributed by atoms with E-state index < -0.39 is 11.5 Å². The number of carbonyl (C=O) groups excluding carboxylic acids is 2. The molecule has 0 bridgehead atoms. The van der Waals surface area contributed by atoms with Crippen molar-refractivity contribution >= 4 is 23.5 Å².